The smallest absolute Gasteiger partial charge is 0.246 e. The normalized spacial score (nSPS) is 21.9. The lowest BCUT2D eigenvalue weighted by Gasteiger charge is -2.27. The van der Waals surface area contributed by atoms with Gasteiger partial charge in [0.2, 0.25) is 5.91 Å². The van der Waals surface area contributed by atoms with Crippen molar-refractivity contribution in [1.29, 1.82) is 0 Å². The Morgan fingerprint density at radius 2 is 2.26 bits per heavy atom. The van der Waals surface area contributed by atoms with Gasteiger partial charge in [-0.3, -0.25) is 9.69 Å². The number of nitrogens with zero attached hydrogens (tertiary/aromatic N) is 2. The Labute approximate surface area is 136 Å². The fourth-order valence-corrected chi connectivity index (χ4v) is 3.15. The van der Waals surface area contributed by atoms with Crippen molar-refractivity contribution in [3.05, 3.63) is 17.0 Å². The first kappa shape index (κ1) is 16.4. The molecule has 1 aromatic rings. The van der Waals surface area contributed by atoms with E-state index < -0.39 is 0 Å². The number of amides is 1. The topological polar surface area (TPSA) is 76.8 Å². The van der Waals surface area contributed by atoms with Gasteiger partial charge in [-0.2, -0.15) is 0 Å². The van der Waals surface area contributed by atoms with Crippen molar-refractivity contribution >= 4 is 5.91 Å². The molecule has 0 saturated carbocycles. The van der Waals surface area contributed by atoms with E-state index in [1.807, 2.05) is 6.92 Å². The number of carbonyl (C=O) groups is 1. The summed E-state index contributed by atoms with van der Waals surface area (Å²) >= 11 is 0. The molecule has 2 heterocycles. The third-order valence-electron chi connectivity index (χ3n) is 4.40. The monoisotopic (exact) mass is 323 g/mol. The molecule has 0 radical (unpaired) electrons. The molecule has 0 spiro atoms. The zero-order valence-electron chi connectivity index (χ0n) is 13.7. The Morgan fingerprint density at radius 3 is 3.04 bits per heavy atom. The lowest BCUT2D eigenvalue weighted by Crippen LogP contribution is -2.41. The summed E-state index contributed by atoms with van der Waals surface area (Å²) in [6.07, 6.45) is 2.50. The number of ether oxygens (including phenoxy) is 2. The van der Waals surface area contributed by atoms with Crippen LogP contribution in [0.2, 0.25) is 0 Å². The number of rotatable bonds is 6. The van der Waals surface area contributed by atoms with Crippen molar-refractivity contribution in [2.24, 2.45) is 0 Å². The van der Waals surface area contributed by atoms with Gasteiger partial charge in [-0.15, -0.1) is 0 Å². The summed E-state index contributed by atoms with van der Waals surface area (Å²) in [6, 6.07) is 0.137. The second-order valence-electron chi connectivity index (χ2n) is 6.06. The van der Waals surface area contributed by atoms with E-state index in [0.29, 0.717) is 6.61 Å². The summed E-state index contributed by atoms with van der Waals surface area (Å²) in [5.41, 5.74) is 2.18. The van der Waals surface area contributed by atoms with Crippen LogP contribution < -0.4 is 5.32 Å². The van der Waals surface area contributed by atoms with Gasteiger partial charge >= 0.3 is 0 Å². The van der Waals surface area contributed by atoms with Crippen molar-refractivity contribution in [1.82, 2.24) is 15.4 Å². The minimum atomic E-state index is -0.0496. The molecule has 7 nitrogen and oxygen atoms in total. The minimum Gasteiger partial charge on any atom is -0.379 e. The van der Waals surface area contributed by atoms with E-state index in [1.54, 1.807) is 0 Å². The van der Waals surface area contributed by atoms with Crippen molar-refractivity contribution in [2.45, 2.75) is 38.8 Å². The lowest BCUT2D eigenvalue weighted by molar-refractivity contribution is -0.126. The van der Waals surface area contributed by atoms with Gasteiger partial charge in [-0.25, -0.2) is 0 Å². The number of carbonyl (C=O) groups excluding carboxylic acids is 1. The molecular weight excluding hydrogens is 298 g/mol. The van der Waals surface area contributed by atoms with Crippen LogP contribution in [0, 0.1) is 0 Å². The van der Waals surface area contributed by atoms with E-state index in [-0.39, 0.29) is 18.6 Å². The third kappa shape index (κ3) is 4.31. The molecule has 1 N–H and O–H groups in total. The summed E-state index contributed by atoms with van der Waals surface area (Å²) in [4.78, 5) is 14.2. The number of morpholine rings is 1. The average Bonchev–Trinajstić information content (AvgIpc) is 2.96. The van der Waals surface area contributed by atoms with Gasteiger partial charge in [0.15, 0.2) is 0 Å². The maximum atomic E-state index is 11.8. The number of hydrogen-bond acceptors (Lipinski definition) is 6. The fourth-order valence-electron chi connectivity index (χ4n) is 3.15. The molecule has 1 saturated heterocycles. The highest BCUT2D eigenvalue weighted by Gasteiger charge is 2.27. The molecule has 1 aliphatic carbocycles. The quantitative estimate of drug-likeness (QED) is 0.822. The Kier molecular flexibility index (Phi) is 5.64. The third-order valence-corrected chi connectivity index (χ3v) is 4.40. The molecule has 0 bridgehead atoms. The summed E-state index contributed by atoms with van der Waals surface area (Å²) in [6.45, 7) is 6.76. The second kappa shape index (κ2) is 7.90. The SMILES string of the molecule is CCOCC(=O)NC1CCc2onc(CN3CCOCC3)c2C1. The summed E-state index contributed by atoms with van der Waals surface area (Å²) in [7, 11) is 0. The average molecular weight is 323 g/mol. The zero-order chi connectivity index (χ0) is 16.1. The number of aryl methyl sites for hydroxylation is 1. The standard InChI is InChI=1S/C16H25N3O4/c1-2-21-11-16(20)17-12-3-4-15-13(9-12)14(18-23-15)10-19-5-7-22-8-6-19/h12H,2-11H2,1H3,(H,17,20). The fraction of sp³-hybridized carbons (Fsp3) is 0.750. The highest BCUT2D eigenvalue weighted by molar-refractivity contribution is 5.77. The van der Waals surface area contributed by atoms with Gasteiger partial charge in [-0.1, -0.05) is 5.16 Å². The van der Waals surface area contributed by atoms with E-state index >= 15 is 0 Å². The predicted molar refractivity (Wildman–Crippen MR) is 83.0 cm³/mol. The van der Waals surface area contributed by atoms with Crippen LogP contribution in [0.1, 0.15) is 30.4 Å². The number of hydrogen-bond donors (Lipinski definition) is 1. The van der Waals surface area contributed by atoms with Gasteiger partial charge in [0.25, 0.3) is 0 Å². The van der Waals surface area contributed by atoms with Crippen LogP contribution in [0.5, 0.6) is 0 Å². The van der Waals surface area contributed by atoms with E-state index in [2.05, 4.69) is 15.4 Å². The molecule has 1 atom stereocenters. The summed E-state index contributed by atoms with van der Waals surface area (Å²) in [5.74, 6) is 0.926. The van der Waals surface area contributed by atoms with Gasteiger partial charge in [0.1, 0.15) is 18.1 Å². The van der Waals surface area contributed by atoms with Gasteiger partial charge in [-0.05, 0) is 19.8 Å². The molecule has 0 aromatic carbocycles. The van der Waals surface area contributed by atoms with Crippen LogP contribution in [0.15, 0.2) is 4.52 Å². The van der Waals surface area contributed by atoms with Crippen LogP contribution in [0.25, 0.3) is 0 Å². The van der Waals surface area contributed by atoms with Crippen molar-refractivity contribution in [3.8, 4) is 0 Å². The second-order valence-corrected chi connectivity index (χ2v) is 6.06. The molecule has 1 unspecified atom stereocenters. The molecule has 1 amide bonds. The van der Waals surface area contributed by atoms with Gasteiger partial charge in [0.05, 0.1) is 13.2 Å². The van der Waals surface area contributed by atoms with Crippen molar-refractivity contribution in [2.75, 3.05) is 39.5 Å². The van der Waals surface area contributed by atoms with Crippen molar-refractivity contribution in [3.63, 3.8) is 0 Å². The number of fused-ring (bicyclic) bond motifs is 1. The molecule has 128 valence electrons. The Hall–Kier alpha value is -1.44. The molecule has 1 aliphatic heterocycles. The Morgan fingerprint density at radius 1 is 1.43 bits per heavy atom. The highest BCUT2D eigenvalue weighted by atomic mass is 16.5. The summed E-state index contributed by atoms with van der Waals surface area (Å²) in [5, 5.41) is 7.31. The molecule has 3 rings (SSSR count). The van der Waals surface area contributed by atoms with Crippen LogP contribution in [0.4, 0.5) is 0 Å². The predicted octanol–water partition coefficient (Wildman–Crippen LogP) is 0.517. The van der Waals surface area contributed by atoms with E-state index in [9.17, 15) is 4.79 Å². The molecule has 7 heteroatoms. The van der Waals surface area contributed by atoms with E-state index in [0.717, 1.165) is 63.6 Å². The lowest BCUT2D eigenvalue weighted by atomic mass is 9.92. The first-order valence-electron chi connectivity index (χ1n) is 8.39. The highest BCUT2D eigenvalue weighted by Crippen LogP contribution is 2.25. The van der Waals surface area contributed by atoms with Crippen LogP contribution in [-0.4, -0.2) is 61.5 Å². The minimum absolute atomic E-state index is 0.0496. The van der Waals surface area contributed by atoms with Crippen molar-refractivity contribution < 1.29 is 18.8 Å². The van der Waals surface area contributed by atoms with Gasteiger partial charge < -0.3 is 19.3 Å². The largest absolute Gasteiger partial charge is 0.379 e. The molecule has 2 aliphatic rings. The molecule has 23 heavy (non-hydrogen) atoms. The maximum Gasteiger partial charge on any atom is 0.246 e. The molecule has 1 aromatic heterocycles. The first-order valence-corrected chi connectivity index (χ1v) is 8.39. The number of aromatic nitrogens is 1. The summed E-state index contributed by atoms with van der Waals surface area (Å²) < 4.78 is 16.0. The van der Waals surface area contributed by atoms with Crippen LogP contribution >= 0.6 is 0 Å². The zero-order valence-corrected chi connectivity index (χ0v) is 13.7. The van der Waals surface area contributed by atoms with E-state index in [4.69, 9.17) is 14.0 Å². The van der Waals surface area contributed by atoms with E-state index in [1.165, 1.54) is 5.56 Å². The van der Waals surface area contributed by atoms with Gasteiger partial charge in [0, 0.05) is 44.3 Å². The first-order chi connectivity index (χ1) is 11.3. The maximum absolute atomic E-state index is 11.8. The molecule has 1 fully saturated rings. The number of nitrogens with one attached hydrogen (secondary N) is 1. The molecular formula is C16H25N3O4. The van der Waals surface area contributed by atoms with Crippen LogP contribution in [-0.2, 0) is 33.7 Å². The van der Waals surface area contributed by atoms with Crippen LogP contribution in [0.3, 0.4) is 0 Å². The Balaban J connectivity index is 1.58. The Bertz CT molecular complexity index is 525.